The Morgan fingerprint density at radius 1 is 1.50 bits per heavy atom. The van der Waals surface area contributed by atoms with E-state index in [1.165, 1.54) is 0 Å². The van der Waals surface area contributed by atoms with Gasteiger partial charge in [0, 0.05) is 5.02 Å². The maximum Gasteiger partial charge on any atom is 0.133 e. The van der Waals surface area contributed by atoms with E-state index in [2.05, 4.69) is 22.4 Å². The molecule has 0 radical (unpaired) electrons. The number of benzene rings is 1. The van der Waals surface area contributed by atoms with E-state index in [9.17, 15) is 0 Å². The molecule has 0 atom stereocenters. The first kappa shape index (κ1) is 13.0. The average Bonchev–Trinajstić information content (AvgIpc) is 2.29. The smallest absolute Gasteiger partial charge is 0.133 e. The molecule has 0 aliphatic carbocycles. The Morgan fingerprint density at radius 2 is 2.19 bits per heavy atom. The van der Waals surface area contributed by atoms with Crippen molar-refractivity contribution < 1.29 is 0 Å². The first-order valence-electron chi connectivity index (χ1n) is 4.31. The van der Waals surface area contributed by atoms with Crippen LogP contribution in [0.4, 0.5) is 0 Å². The summed E-state index contributed by atoms with van der Waals surface area (Å²) in [6.45, 7) is 0. The summed E-state index contributed by atoms with van der Waals surface area (Å²) in [5.41, 5.74) is 1.68. The van der Waals surface area contributed by atoms with Crippen LogP contribution < -0.4 is 0 Å². The van der Waals surface area contributed by atoms with Gasteiger partial charge in [0.15, 0.2) is 0 Å². The lowest BCUT2D eigenvalue weighted by Gasteiger charge is -1.97. The zero-order chi connectivity index (χ0) is 11.8. The number of thiocarbonyl (C=S) groups is 1. The third kappa shape index (κ3) is 4.61. The molecule has 1 rings (SSSR count). The zero-order valence-corrected chi connectivity index (χ0v) is 10.6. The number of thiocyanates is 1. The third-order valence-electron chi connectivity index (χ3n) is 1.68. The predicted octanol–water partition coefficient (Wildman–Crippen LogP) is 4.00. The molecule has 0 aliphatic heterocycles. The Balaban J connectivity index is 2.89. The van der Waals surface area contributed by atoms with Crippen LogP contribution in [0, 0.1) is 10.7 Å². The Bertz CT molecular complexity index is 468. The minimum absolute atomic E-state index is 0.489. The maximum atomic E-state index is 8.47. The first-order valence-corrected chi connectivity index (χ1v) is 6.08. The van der Waals surface area contributed by atoms with Crippen LogP contribution in [-0.2, 0) is 0 Å². The standard InChI is InChI=1S/C11H7ClN2S2/c12-10-3-1-9(2-4-10)5-11(14-8-15)6-16-7-13/h1-5H,6H2/b11-5-. The number of isothiocyanates is 1. The first-order chi connectivity index (χ1) is 7.76. The van der Waals surface area contributed by atoms with E-state index in [0.29, 0.717) is 16.5 Å². The largest absolute Gasteiger partial charge is 0.198 e. The monoisotopic (exact) mass is 266 g/mol. The third-order valence-corrected chi connectivity index (χ3v) is 2.59. The second kappa shape index (κ2) is 7.21. The summed E-state index contributed by atoms with van der Waals surface area (Å²) in [4.78, 5) is 3.90. The van der Waals surface area contributed by atoms with E-state index >= 15 is 0 Å². The van der Waals surface area contributed by atoms with E-state index in [0.717, 1.165) is 17.3 Å². The Kier molecular flexibility index (Phi) is 5.84. The molecule has 0 saturated carbocycles. The van der Waals surface area contributed by atoms with E-state index in [1.54, 1.807) is 12.1 Å². The maximum absolute atomic E-state index is 8.47. The summed E-state index contributed by atoms with van der Waals surface area (Å²) in [7, 11) is 0. The lowest BCUT2D eigenvalue weighted by atomic mass is 10.2. The second-order valence-electron chi connectivity index (χ2n) is 2.77. The van der Waals surface area contributed by atoms with Gasteiger partial charge in [0.25, 0.3) is 0 Å². The van der Waals surface area contributed by atoms with Crippen LogP contribution in [0.5, 0.6) is 0 Å². The summed E-state index contributed by atoms with van der Waals surface area (Å²) < 4.78 is 0. The van der Waals surface area contributed by atoms with Gasteiger partial charge in [-0.3, -0.25) is 0 Å². The molecule has 5 heteroatoms. The molecule has 0 heterocycles. The van der Waals surface area contributed by atoms with Crippen LogP contribution in [-0.4, -0.2) is 10.9 Å². The highest BCUT2D eigenvalue weighted by Gasteiger charge is 1.96. The van der Waals surface area contributed by atoms with Crippen LogP contribution >= 0.6 is 35.6 Å². The number of hydrogen-bond donors (Lipinski definition) is 0. The predicted molar refractivity (Wildman–Crippen MR) is 72.5 cm³/mol. The quantitative estimate of drug-likeness (QED) is 0.470. The number of aliphatic imine (C=N–C) groups is 1. The summed E-state index contributed by atoms with van der Waals surface area (Å²) >= 11 is 11.4. The average molecular weight is 267 g/mol. The van der Waals surface area contributed by atoms with E-state index < -0.39 is 0 Å². The van der Waals surface area contributed by atoms with Gasteiger partial charge in [0.1, 0.15) is 5.40 Å². The van der Waals surface area contributed by atoms with Gasteiger partial charge in [-0.1, -0.05) is 23.7 Å². The SMILES string of the molecule is N#CSC/C(=C/c1ccc(Cl)cc1)N=C=S. The molecule has 1 aromatic carbocycles. The fourth-order valence-electron chi connectivity index (χ4n) is 1.02. The molecule has 0 aromatic heterocycles. The molecule has 0 aliphatic rings. The molecule has 0 unspecified atom stereocenters. The van der Waals surface area contributed by atoms with Crippen LogP contribution in [0.1, 0.15) is 5.56 Å². The van der Waals surface area contributed by atoms with Crippen molar-refractivity contribution in [2.24, 2.45) is 4.99 Å². The zero-order valence-electron chi connectivity index (χ0n) is 8.18. The molecule has 0 spiro atoms. The van der Waals surface area contributed by atoms with Gasteiger partial charge in [0.2, 0.25) is 0 Å². The summed E-state index contributed by atoms with van der Waals surface area (Å²) in [5.74, 6) is 0.489. The van der Waals surface area contributed by atoms with Crippen LogP contribution in [0.25, 0.3) is 6.08 Å². The molecular formula is C11H7ClN2S2. The minimum Gasteiger partial charge on any atom is -0.198 e. The number of rotatable bonds is 4. The van der Waals surface area contributed by atoms with Crippen molar-refractivity contribution in [2.75, 3.05) is 5.75 Å². The van der Waals surface area contributed by atoms with Crippen molar-refractivity contribution in [3.05, 3.63) is 40.5 Å². The summed E-state index contributed by atoms with van der Waals surface area (Å²) in [6.07, 6.45) is 1.85. The van der Waals surface area contributed by atoms with Crippen molar-refractivity contribution in [2.45, 2.75) is 0 Å². The number of thioether (sulfide) groups is 1. The second-order valence-corrected chi connectivity index (χ2v) is 4.15. The molecule has 1 aromatic rings. The molecule has 2 nitrogen and oxygen atoms in total. The minimum atomic E-state index is 0.489. The highest BCUT2D eigenvalue weighted by atomic mass is 35.5. The van der Waals surface area contributed by atoms with Gasteiger partial charge >= 0.3 is 0 Å². The number of halogens is 1. The van der Waals surface area contributed by atoms with E-state index in [1.807, 2.05) is 23.6 Å². The molecular weight excluding hydrogens is 260 g/mol. The summed E-state index contributed by atoms with van der Waals surface area (Å²) in [6, 6.07) is 7.34. The van der Waals surface area contributed by atoms with Gasteiger partial charge in [-0.15, -0.1) is 0 Å². The van der Waals surface area contributed by atoms with Gasteiger partial charge in [0.05, 0.1) is 16.6 Å². The van der Waals surface area contributed by atoms with Gasteiger partial charge < -0.3 is 0 Å². The van der Waals surface area contributed by atoms with Crippen molar-refractivity contribution in [3.8, 4) is 5.40 Å². The molecule has 0 fully saturated rings. The fraction of sp³-hybridized carbons (Fsp3) is 0.0909. The Labute approximate surface area is 109 Å². The lowest BCUT2D eigenvalue weighted by molar-refractivity contribution is 1.37. The highest BCUT2D eigenvalue weighted by Crippen LogP contribution is 2.15. The lowest BCUT2D eigenvalue weighted by Crippen LogP contribution is -1.82. The summed E-state index contributed by atoms with van der Waals surface area (Å²) in [5, 5.41) is 13.4. The van der Waals surface area contributed by atoms with Crippen LogP contribution in [0.15, 0.2) is 35.0 Å². The fourth-order valence-corrected chi connectivity index (χ4v) is 1.63. The Morgan fingerprint density at radius 3 is 2.75 bits per heavy atom. The van der Waals surface area contributed by atoms with Gasteiger partial charge in [-0.05, 0) is 47.8 Å². The Hall–Kier alpha value is -1.11. The molecule has 0 saturated heterocycles. The number of nitriles is 1. The van der Waals surface area contributed by atoms with Crippen LogP contribution in [0.3, 0.4) is 0 Å². The van der Waals surface area contributed by atoms with Gasteiger partial charge in [-0.2, -0.15) is 10.3 Å². The number of hydrogen-bond acceptors (Lipinski definition) is 4. The normalized spacial score (nSPS) is 10.4. The topological polar surface area (TPSA) is 36.1 Å². The van der Waals surface area contributed by atoms with Gasteiger partial charge in [-0.25, -0.2) is 0 Å². The molecule has 0 amide bonds. The molecule has 16 heavy (non-hydrogen) atoms. The van der Waals surface area contributed by atoms with Crippen molar-refractivity contribution in [3.63, 3.8) is 0 Å². The van der Waals surface area contributed by atoms with Crippen molar-refractivity contribution in [1.82, 2.24) is 0 Å². The highest BCUT2D eigenvalue weighted by molar-refractivity contribution is 8.03. The van der Waals surface area contributed by atoms with Crippen LogP contribution in [0.2, 0.25) is 5.02 Å². The van der Waals surface area contributed by atoms with Crippen molar-refractivity contribution in [1.29, 1.82) is 5.26 Å². The van der Waals surface area contributed by atoms with E-state index in [4.69, 9.17) is 16.9 Å². The van der Waals surface area contributed by atoms with E-state index in [-0.39, 0.29) is 0 Å². The van der Waals surface area contributed by atoms with Crippen molar-refractivity contribution >= 4 is 46.8 Å². The molecule has 0 bridgehead atoms. The molecule has 80 valence electrons. The molecule has 0 N–H and O–H groups in total. The number of nitrogens with zero attached hydrogens (tertiary/aromatic N) is 2.